The largest absolute Gasteiger partial charge is 0.497 e. The van der Waals surface area contributed by atoms with Crippen molar-refractivity contribution < 1.29 is 14.3 Å². The van der Waals surface area contributed by atoms with Gasteiger partial charge < -0.3 is 10.1 Å². The number of allylic oxidation sites excluding steroid dienone is 1. The molecule has 184 valence electrons. The summed E-state index contributed by atoms with van der Waals surface area (Å²) in [6.45, 7) is 4.22. The van der Waals surface area contributed by atoms with Crippen LogP contribution in [0.25, 0.3) is 0 Å². The number of hydrogen-bond donors (Lipinski definition) is 1. The molecular weight excluding hydrogens is 472 g/mol. The van der Waals surface area contributed by atoms with Gasteiger partial charge in [-0.3, -0.25) is 14.5 Å². The summed E-state index contributed by atoms with van der Waals surface area (Å²) in [7, 11) is 1.62. The molecule has 5 nitrogen and oxygen atoms in total. The third kappa shape index (κ3) is 4.63. The fraction of sp³-hybridized carbons (Fsp3) is 0.267. The summed E-state index contributed by atoms with van der Waals surface area (Å²) in [6.07, 6.45) is 1.31. The Morgan fingerprint density at radius 2 is 1.81 bits per heavy atom. The maximum Gasteiger partial charge on any atom is 0.232 e. The van der Waals surface area contributed by atoms with Crippen LogP contribution in [0, 0.1) is 5.41 Å². The van der Waals surface area contributed by atoms with Crippen LogP contribution in [0.5, 0.6) is 5.75 Å². The van der Waals surface area contributed by atoms with E-state index >= 15 is 0 Å². The molecule has 1 aliphatic carbocycles. The van der Waals surface area contributed by atoms with Gasteiger partial charge in [-0.1, -0.05) is 61.8 Å². The van der Waals surface area contributed by atoms with Crippen LogP contribution in [0.4, 0.5) is 11.4 Å². The van der Waals surface area contributed by atoms with Crippen LogP contribution in [0.1, 0.15) is 43.9 Å². The van der Waals surface area contributed by atoms with Crippen molar-refractivity contribution in [1.82, 2.24) is 0 Å². The number of amides is 1. The first-order valence-corrected chi connectivity index (χ1v) is 12.5. The monoisotopic (exact) mass is 500 g/mol. The minimum absolute atomic E-state index is 0.0543. The third-order valence-corrected chi connectivity index (χ3v) is 7.10. The highest BCUT2D eigenvalue weighted by Crippen LogP contribution is 2.48. The molecule has 1 aliphatic heterocycles. The van der Waals surface area contributed by atoms with E-state index in [1.54, 1.807) is 24.1 Å². The van der Waals surface area contributed by atoms with Gasteiger partial charge in [0.05, 0.1) is 30.9 Å². The molecule has 0 fully saturated rings. The van der Waals surface area contributed by atoms with E-state index in [1.807, 2.05) is 60.7 Å². The summed E-state index contributed by atoms with van der Waals surface area (Å²) in [5, 5.41) is 4.17. The number of nitrogens with zero attached hydrogens (tertiary/aromatic N) is 1. The van der Waals surface area contributed by atoms with Gasteiger partial charge in [-0.15, -0.1) is 0 Å². The molecule has 0 spiro atoms. The van der Waals surface area contributed by atoms with Gasteiger partial charge in [-0.25, -0.2) is 0 Å². The first-order valence-electron chi connectivity index (χ1n) is 12.1. The van der Waals surface area contributed by atoms with Gasteiger partial charge in [0.1, 0.15) is 5.75 Å². The third-order valence-electron chi connectivity index (χ3n) is 6.85. The summed E-state index contributed by atoms with van der Waals surface area (Å²) >= 11 is 6.07. The first kappa shape index (κ1) is 24.1. The molecule has 0 unspecified atom stereocenters. The van der Waals surface area contributed by atoms with Gasteiger partial charge in [-0.2, -0.15) is 0 Å². The second-order valence-corrected chi connectivity index (χ2v) is 10.7. The molecule has 1 amide bonds. The zero-order chi connectivity index (χ0) is 25.4. The number of ketones is 1. The van der Waals surface area contributed by atoms with Crippen molar-refractivity contribution >= 4 is 34.7 Å². The van der Waals surface area contributed by atoms with Gasteiger partial charge >= 0.3 is 0 Å². The predicted molar refractivity (Wildman–Crippen MR) is 143 cm³/mol. The Kier molecular flexibility index (Phi) is 6.35. The van der Waals surface area contributed by atoms with Gasteiger partial charge in [0, 0.05) is 22.7 Å². The molecular formula is C30H29ClN2O3. The van der Waals surface area contributed by atoms with E-state index in [9.17, 15) is 9.59 Å². The molecule has 1 heterocycles. The van der Waals surface area contributed by atoms with Crippen LogP contribution in [0.2, 0.25) is 5.02 Å². The number of nitrogens with one attached hydrogen (secondary N) is 1. The van der Waals surface area contributed by atoms with Crippen molar-refractivity contribution in [2.24, 2.45) is 5.41 Å². The number of fused-ring (bicyclic) bond motifs is 1. The Morgan fingerprint density at radius 3 is 2.56 bits per heavy atom. The Balaban J connectivity index is 1.72. The number of para-hydroxylation sites is 2. The maximum atomic E-state index is 14.1. The molecule has 5 rings (SSSR count). The molecule has 0 saturated carbocycles. The van der Waals surface area contributed by atoms with E-state index in [2.05, 4.69) is 19.2 Å². The van der Waals surface area contributed by atoms with Crippen LogP contribution >= 0.6 is 11.6 Å². The van der Waals surface area contributed by atoms with Crippen LogP contribution < -0.4 is 15.0 Å². The zero-order valence-electron chi connectivity index (χ0n) is 20.7. The summed E-state index contributed by atoms with van der Waals surface area (Å²) in [6, 6.07) is 22.1. The number of Topliss-reactive ketones (excluding diaryl/α,β-unsaturated/α-hetero) is 1. The molecule has 0 aromatic heterocycles. The van der Waals surface area contributed by atoms with Crippen LogP contribution in [0.3, 0.4) is 0 Å². The molecule has 1 atom stereocenters. The number of halogens is 1. The Bertz CT molecular complexity index is 1360. The normalized spacial score (nSPS) is 18.6. The number of rotatable bonds is 4. The average Bonchev–Trinajstić information content (AvgIpc) is 2.99. The van der Waals surface area contributed by atoms with Crippen molar-refractivity contribution in [1.29, 1.82) is 0 Å². The minimum Gasteiger partial charge on any atom is -0.497 e. The number of carbonyl (C=O) groups excluding carboxylic acids is 2. The van der Waals surface area contributed by atoms with Gasteiger partial charge in [0.25, 0.3) is 0 Å². The molecule has 0 bridgehead atoms. The lowest BCUT2D eigenvalue weighted by Gasteiger charge is -2.37. The maximum absolute atomic E-state index is 14.1. The predicted octanol–water partition coefficient (Wildman–Crippen LogP) is 6.73. The lowest BCUT2D eigenvalue weighted by molar-refractivity contribution is -0.119. The summed E-state index contributed by atoms with van der Waals surface area (Å²) in [5.74, 6) is 0.623. The first-order chi connectivity index (χ1) is 17.3. The van der Waals surface area contributed by atoms with Crippen LogP contribution in [0.15, 0.2) is 84.1 Å². The second kappa shape index (κ2) is 9.47. The van der Waals surface area contributed by atoms with Crippen molar-refractivity contribution in [3.63, 3.8) is 0 Å². The summed E-state index contributed by atoms with van der Waals surface area (Å²) in [5.41, 5.74) is 4.57. The SMILES string of the molecule is COc1cccc([C@H]2C3=C(CC(C)(C)CC3=O)Nc3ccccc3N2C(=O)Cc2ccc(Cl)cc2)c1. The van der Waals surface area contributed by atoms with E-state index in [4.69, 9.17) is 16.3 Å². The smallest absolute Gasteiger partial charge is 0.232 e. The highest BCUT2D eigenvalue weighted by Gasteiger charge is 2.43. The lowest BCUT2D eigenvalue weighted by Crippen LogP contribution is -2.40. The van der Waals surface area contributed by atoms with E-state index in [-0.39, 0.29) is 23.5 Å². The van der Waals surface area contributed by atoms with Crippen LogP contribution in [-0.4, -0.2) is 18.8 Å². The lowest BCUT2D eigenvalue weighted by atomic mass is 9.73. The summed E-state index contributed by atoms with van der Waals surface area (Å²) in [4.78, 5) is 29.7. The Hall–Kier alpha value is -3.57. The molecule has 3 aromatic rings. The standard InChI is InChI=1S/C30H29ClN2O3/c1-30(2)17-24-28(26(34)18-30)29(20-7-6-8-22(16-20)36-3)33(25-10-5-4-9-23(25)32-24)27(35)15-19-11-13-21(31)14-12-19/h4-14,16,29,32H,15,17-18H2,1-3H3/t29-/m0/s1. The fourth-order valence-electron chi connectivity index (χ4n) is 5.25. The number of ether oxygens (including phenoxy) is 1. The molecule has 6 heteroatoms. The minimum atomic E-state index is -0.588. The molecule has 0 saturated heterocycles. The van der Waals surface area contributed by atoms with Gasteiger partial charge in [0.15, 0.2) is 5.78 Å². The molecule has 2 aliphatic rings. The number of anilines is 2. The van der Waals surface area contributed by atoms with E-state index in [0.717, 1.165) is 28.2 Å². The quantitative estimate of drug-likeness (QED) is 0.431. The van der Waals surface area contributed by atoms with E-state index in [1.165, 1.54) is 0 Å². The zero-order valence-corrected chi connectivity index (χ0v) is 21.4. The topological polar surface area (TPSA) is 58.6 Å². The molecule has 3 aromatic carbocycles. The average molecular weight is 501 g/mol. The molecule has 1 N–H and O–H groups in total. The highest BCUT2D eigenvalue weighted by molar-refractivity contribution is 6.30. The number of carbonyl (C=O) groups is 2. The number of hydrogen-bond acceptors (Lipinski definition) is 4. The van der Waals surface area contributed by atoms with Crippen molar-refractivity contribution in [2.45, 2.75) is 39.2 Å². The van der Waals surface area contributed by atoms with Gasteiger partial charge in [-0.05, 0) is 59.4 Å². The van der Waals surface area contributed by atoms with Crippen molar-refractivity contribution in [2.75, 3.05) is 17.3 Å². The van der Waals surface area contributed by atoms with Gasteiger partial charge in [0.2, 0.25) is 5.91 Å². The van der Waals surface area contributed by atoms with E-state index < -0.39 is 6.04 Å². The van der Waals surface area contributed by atoms with E-state index in [0.29, 0.717) is 29.2 Å². The fourth-order valence-corrected chi connectivity index (χ4v) is 5.38. The van der Waals surface area contributed by atoms with Crippen LogP contribution in [-0.2, 0) is 16.0 Å². The highest BCUT2D eigenvalue weighted by atomic mass is 35.5. The molecule has 0 radical (unpaired) electrons. The summed E-state index contributed by atoms with van der Waals surface area (Å²) < 4.78 is 5.51. The van der Waals surface area contributed by atoms with Crippen molar-refractivity contribution in [3.8, 4) is 5.75 Å². The number of benzene rings is 3. The second-order valence-electron chi connectivity index (χ2n) is 10.2. The molecule has 36 heavy (non-hydrogen) atoms. The number of methoxy groups -OCH3 is 1. The Morgan fingerprint density at radius 1 is 1.06 bits per heavy atom. The Labute approximate surface area is 216 Å². The van der Waals surface area contributed by atoms with Crippen molar-refractivity contribution in [3.05, 3.63) is 100 Å².